The number of hydrogen-bond acceptors (Lipinski definition) is 4. The lowest BCUT2D eigenvalue weighted by atomic mass is 10.2. The van der Waals surface area contributed by atoms with Gasteiger partial charge >= 0.3 is 5.97 Å². The first-order valence-corrected chi connectivity index (χ1v) is 4.22. The molecule has 1 heterocycles. The van der Waals surface area contributed by atoms with E-state index in [1.54, 1.807) is 20.0 Å². The van der Waals surface area contributed by atoms with Gasteiger partial charge in [0.2, 0.25) is 0 Å². The van der Waals surface area contributed by atoms with Crippen molar-refractivity contribution in [2.45, 2.75) is 20.3 Å². The molecule has 13 heavy (non-hydrogen) atoms. The van der Waals surface area contributed by atoms with Crippen LogP contribution >= 0.6 is 0 Å². The van der Waals surface area contributed by atoms with Gasteiger partial charge in [-0.15, -0.1) is 5.10 Å². The van der Waals surface area contributed by atoms with Gasteiger partial charge in [0.05, 0.1) is 18.2 Å². The van der Waals surface area contributed by atoms with Gasteiger partial charge in [0.25, 0.3) is 0 Å². The highest BCUT2D eigenvalue weighted by Crippen LogP contribution is 1.97. The van der Waals surface area contributed by atoms with Crippen molar-refractivity contribution in [3.8, 4) is 0 Å². The second kappa shape index (κ2) is 4.59. The smallest absolute Gasteiger partial charge is 0.308 e. The highest BCUT2D eigenvalue weighted by atomic mass is 16.5. The van der Waals surface area contributed by atoms with Crippen LogP contribution in [-0.2, 0) is 16.0 Å². The second-order valence-corrected chi connectivity index (χ2v) is 3.04. The van der Waals surface area contributed by atoms with Crippen LogP contribution < -0.4 is 0 Å². The van der Waals surface area contributed by atoms with Gasteiger partial charge in [-0.1, -0.05) is 19.1 Å². The molecule has 0 atom stereocenters. The summed E-state index contributed by atoms with van der Waals surface area (Å²) in [6.07, 6.45) is 2.29. The molecular formula is C8H13N3O2. The summed E-state index contributed by atoms with van der Waals surface area (Å²) < 4.78 is 4.96. The molecule has 0 bridgehead atoms. The lowest BCUT2D eigenvalue weighted by Gasteiger charge is -2.04. The molecule has 0 amide bonds. The Kier molecular flexibility index (Phi) is 3.42. The van der Waals surface area contributed by atoms with E-state index in [2.05, 4.69) is 15.4 Å². The zero-order chi connectivity index (χ0) is 9.68. The summed E-state index contributed by atoms with van der Waals surface area (Å²) in [5.74, 6) is -0.249. The number of H-pyrrole nitrogens is 1. The van der Waals surface area contributed by atoms with E-state index in [1.807, 2.05) is 0 Å². The Hall–Kier alpha value is -1.39. The van der Waals surface area contributed by atoms with Crippen molar-refractivity contribution in [3.63, 3.8) is 0 Å². The maximum atomic E-state index is 11.0. The van der Waals surface area contributed by atoms with Crippen molar-refractivity contribution in [3.05, 3.63) is 11.9 Å². The van der Waals surface area contributed by atoms with Crippen LogP contribution in [0.1, 0.15) is 19.5 Å². The fourth-order valence-corrected chi connectivity index (χ4v) is 0.770. The SMILES string of the molecule is CC(C)C(=O)OCCc1c[nH]nn1. The van der Waals surface area contributed by atoms with Gasteiger partial charge in [0.15, 0.2) is 0 Å². The molecule has 0 saturated heterocycles. The topological polar surface area (TPSA) is 67.9 Å². The van der Waals surface area contributed by atoms with Gasteiger partial charge in [-0.05, 0) is 0 Å². The fraction of sp³-hybridized carbons (Fsp3) is 0.625. The molecule has 5 nitrogen and oxygen atoms in total. The highest BCUT2D eigenvalue weighted by molar-refractivity contribution is 5.71. The third-order valence-electron chi connectivity index (χ3n) is 1.54. The zero-order valence-corrected chi connectivity index (χ0v) is 7.78. The van der Waals surface area contributed by atoms with Gasteiger partial charge in [-0.3, -0.25) is 9.89 Å². The molecule has 0 spiro atoms. The molecule has 1 aromatic heterocycles. The van der Waals surface area contributed by atoms with E-state index in [0.717, 1.165) is 5.69 Å². The summed E-state index contributed by atoms with van der Waals surface area (Å²) in [5, 5.41) is 9.89. The molecule has 0 radical (unpaired) electrons. The maximum absolute atomic E-state index is 11.0. The number of ether oxygens (including phenoxy) is 1. The molecule has 0 saturated carbocycles. The van der Waals surface area contributed by atoms with E-state index in [1.165, 1.54) is 0 Å². The van der Waals surface area contributed by atoms with Gasteiger partial charge < -0.3 is 4.74 Å². The minimum Gasteiger partial charge on any atom is -0.465 e. The molecule has 1 N–H and O–H groups in total. The average molecular weight is 183 g/mol. The largest absolute Gasteiger partial charge is 0.465 e. The summed E-state index contributed by atoms with van der Waals surface area (Å²) in [7, 11) is 0. The van der Waals surface area contributed by atoms with E-state index in [0.29, 0.717) is 13.0 Å². The zero-order valence-electron chi connectivity index (χ0n) is 7.78. The van der Waals surface area contributed by atoms with E-state index in [4.69, 9.17) is 4.74 Å². The number of rotatable bonds is 4. The minimum atomic E-state index is -0.177. The first-order chi connectivity index (χ1) is 6.20. The van der Waals surface area contributed by atoms with Crippen molar-refractivity contribution >= 4 is 5.97 Å². The Labute approximate surface area is 76.5 Å². The Balaban J connectivity index is 2.18. The van der Waals surface area contributed by atoms with Crippen LogP contribution in [0.4, 0.5) is 0 Å². The Morgan fingerprint density at radius 1 is 1.69 bits per heavy atom. The molecule has 0 fully saturated rings. The van der Waals surface area contributed by atoms with E-state index in [-0.39, 0.29) is 11.9 Å². The lowest BCUT2D eigenvalue weighted by molar-refractivity contribution is -0.147. The van der Waals surface area contributed by atoms with Crippen molar-refractivity contribution in [1.29, 1.82) is 0 Å². The minimum absolute atomic E-state index is 0.0719. The highest BCUT2D eigenvalue weighted by Gasteiger charge is 2.07. The van der Waals surface area contributed by atoms with Gasteiger partial charge in [0, 0.05) is 12.6 Å². The molecule has 0 unspecified atom stereocenters. The molecule has 0 aliphatic carbocycles. The predicted molar refractivity (Wildman–Crippen MR) is 45.9 cm³/mol. The van der Waals surface area contributed by atoms with Crippen LogP contribution in [0.3, 0.4) is 0 Å². The quantitative estimate of drug-likeness (QED) is 0.692. The summed E-state index contributed by atoms with van der Waals surface area (Å²) in [5.41, 5.74) is 0.802. The van der Waals surface area contributed by atoms with Gasteiger partial charge in [-0.2, -0.15) is 0 Å². The third kappa shape index (κ3) is 3.23. The number of carbonyl (C=O) groups excluding carboxylic acids is 1. The molecule has 1 rings (SSSR count). The maximum Gasteiger partial charge on any atom is 0.308 e. The van der Waals surface area contributed by atoms with Crippen LogP contribution in [0.15, 0.2) is 6.20 Å². The van der Waals surface area contributed by atoms with E-state index in [9.17, 15) is 4.79 Å². The normalized spacial score (nSPS) is 10.4. The number of hydrogen-bond donors (Lipinski definition) is 1. The summed E-state index contributed by atoms with van der Waals surface area (Å²) in [6.45, 7) is 3.97. The number of carbonyl (C=O) groups is 1. The second-order valence-electron chi connectivity index (χ2n) is 3.04. The molecule has 0 aliphatic heterocycles. The Morgan fingerprint density at radius 3 is 3.00 bits per heavy atom. The van der Waals surface area contributed by atoms with E-state index < -0.39 is 0 Å². The summed E-state index contributed by atoms with van der Waals surface area (Å²) >= 11 is 0. The molecule has 0 aliphatic rings. The standard InChI is InChI=1S/C8H13N3O2/c1-6(2)8(12)13-4-3-7-5-9-11-10-7/h5-6H,3-4H2,1-2H3,(H,9,10,11). The van der Waals surface area contributed by atoms with Crippen molar-refractivity contribution < 1.29 is 9.53 Å². The van der Waals surface area contributed by atoms with Crippen LogP contribution in [0.5, 0.6) is 0 Å². The van der Waals surface area contributed by atoms with Crippen LogP contribution in [-0.4, -0.2) is 28.0 Å². The molecular weight excluding hydrogens is 170 g/mol. The lowest BCUT2D eigenvalue weighted by Crippen LogP contribution is -2.13. The number of nitrogens with one attached hydrogen (secondary N) is 1. The summed E-state index contributed by atoms with van der Waals surface area (Å²) in [4.78, 5) is 11.0. The van der Waals surface area contributed by atoms with Crippen LogP contribution in [0.25, 0.3) is 0 Å². The average Bonchev–Trinajstić information content (AvgIpc) is 2.56. The molecule has 1 aromatic rings. The van der Waals surface area contributed by atoms with Crippen molar-refractivity contribution in [2.24, 2.45) is 5.92 Å². The first kappa shape index (κ1) is 9.70. The van der Waals surface area contributed by atoms with E-state index >= 15 is 0 Å². The van der Waals surface area contributed by atoms with Crippen LogP contribution in [0.2, 0.25) is 0 Å². The van der Waals surface area contributed by atoms with Crippen molar-refractivity contribution in [2.75, 3.05) is 6.61 Å². The number of aromatic amines is 1. The summed E-state index contributed by atoms with van der Waals surface area (Å²) in [6, 6.07) is 0. The molecule has 72 valence electrons. The third-order valence-corrected chi connectivity index (χ3v) is 1.54. The number of aromatic nitrogens is 3. The van der Waals surface area contributed by atoms with Crippen LogP contribution in [0, 0.1) is 5.92 Å². The number of esters is 1. The number of nitrogens with zero attached hydrogens (tertiary/aromatic N) is 2. The first-order valence-electron chi connectivity index (χ1n) is 4.22. The van der Waals surface area contributed by atoms with Gasteiger partial charge in [0.1, 0.15) is 0 Å². The Morgan fingerprint density at radius 2 is 2.46 bits per heavy atom. The predicted octanol–water partition coefficient (Wildman–Crippen LogP) is 0.546. The van der Waals surface area contributed by atoms with Crippen molar-refractivity contribution in [1.82, 2.24) is 15.4 Å². The monoisotopic (exact) mass is 183 g/mol. The fourth-order valence-electron chi connectivity index (χ4n) is 0.770. The molecule has 5 heteroatoms. The van der Waals surface area contributed by atoms with Gasteiger partial charge in [-0.25, -0.2) is 0 Å². The molecule has 0 aromatic carbocycles. The Bertz CT molecular complexity index is 256.